The number of amides is 1. The number of aryl methyl sites for hydroxylation is 1. The van der Waals surface area contributed by atoms with Crippen molar-refractivity contribution in [2.45, 2.75) is 13.3 Å². The summed E-state index contributed by atoms with van der Waals surface area (Å²) >= 11 is 3.53. The highest BCUT2D eigenvalue weighted by Gasteiger charge is 2.21. The van der Waals surface area contributed by atoms with Gasteiger partial charge in [0.25, 0.3) is 0 Å². The average Bonchev–Trinajstić information content (AvgIpc) is 2.50. The predicted octanol–water partition coefficient (Wildman–Crippen LogP) is 1.86. The van der Waals surface area contributed by atoms with Gasteiger partial charge in [-0.15, -0.1) is 0 Å². The Kier molecular flexibility index (Phi) is 3.69. The SMILES string of the molecule is Cc1cc(Br)c2c(c1)N(C(=O)CN)CCCN2. The van der Waals surface area contributed by atoms with Crippen LogP contribution in [0.4, 0.5) is 11.4 Å². The number of nitrogens with zero attached hydrogens (tertiary/aromatic N) is 1. The van der Waals surface area contributed by atoms with E-state index in [0.717, 1.165) is 34.4 Å². The molecule has 5 heteroatoms. The van der Waals surface area contributed by atoms with Crippen LogP contribution in [0.15, 0.2) is 16.6 Å². The van der Waals surface area contributed by atoms with Crippen LogP contribution in [-0.4, -0.2) is 25.5 Å². The number of rotatable bonds is 1. The molecule has 1 aliphatic rings. The quantitative estimate of drug-likeness (QED) is 0.832. The summed E-state index contributed by atoms with van der Waals surface area (Å²) in [4.78, 5) is 13.6. The maximum absolute atomic E-state index is 11.9. The molecule has 4 nitrogen and oxygen atoms in total. The lowest BCUT2D eigenvalue weighted by molar-refractivity contribution is -0.117. The van der Waals surface area contributed by atoms with Crippen LogP contribution >= 0.6 is 15.9 Å². The molecule has 0 fully saturated rings. The van der Waals surface area contributed by atoms with Crippen molar-refractivity contribution in [1.82, 2.24) is 0 Å². The first-order valence-corrected chi connectivity index (χ1v) is 6.47. The van der Waals surface area contributed by atoms with Gasteiger partial charge in [0.1, 0.15) is 0 Å². The van der Waals surface area contributed by atoms with Gasteiger partial charge in [-0.25, -0.2) is 0 Å². The Labute approximate surface area is 109 Å². The normalized spacial score (nSPS) is 14.9. The highest BCUT2D eigenvalue weighted by atomic mass is 79.9. The summed E-state index contributed by atoms with van der Waals surface area (Å²) in [6.07, 6.45) is 0.923. The Morgan fingerprint density at radius 1 is 1.59 bits per heavy atom. The Morgan fingerprint density at radius 2 is 2.35 bits per heavy atom. The molecule has 1 aromatic carbocycles. The topological polar surface area (TPSA) is 58.4 Å². The van der Waals surface area contributed by atoms with Crippen molar-refractivity contribution in [3.63, 3.8) is 0 Å². The van der Waals surface area contributed by atoms with Gasteiger partial charge in [0.05, 0.1) is 17.9 Å². The molecule has 0 spiro atoms. The molecule has 3 N–H and O–H groups in total. The van der Waals surface area contributed by atoms with Gasteiger partial charge in [0.15, 0.2) is 0 Å². The number of nitrogens with two attached hydrogens (primary N) is 1. The summed E-state index contributed by atoms with van der Waals surface area (Å²) in [6, 6.07) is 4.06. The lowest BCUT2D eigenvalue weighted by Crippen LogP contribution is -2.36. The smallest absolute Gasteiger partial charge is 0.240 e. The summed E-state index contributed by atoms with van der Waals surface area (Å²) < 4.78 is 0.990. The summed E-state index contributed by atoms with van der Waals surface area (Å²) in [5.41, 5.74) is 8.49. The minimum atomic E-state index is -0.0348. The van der Waals surface area contributed by atoms with E-state index in [2.05, 4.69) is 21.2 Å². The molecule has 2 rings (SSSR count). The molecule has 0 atom stereocenters. The Bertz CT molecular complexity index is 448. The average molecular weight is 298 g/mol. The minimum Gasteiger partial charge on any atom is -0.382 e. The van der Waals surface area contributed by atoms with Crippen molar-refractivity contribution in [2.75, 3.05) is 29.9 Å². The molecule has 0 aliphatic carbocycles. The van der Waals surface area contributed by atoms with Crippen LogP contribution in [0.2, 0.25) is 0 Å². The van der Waals surface area contributed by atoms with Gasteiger partial charge in [0.2, 0.25) is 5.91 Å². The molecule has 17 heavy (non-hydrogen) atoms. The summed E-state index contributed by atoms with van der Waals surface area (Å²) in [5, 5.41) is 3.35. The zero-order chi connectivity index (χ0) is 12.4. The minimum absolute atomic E-state index is 0.0348. The summed E-state index contributed by atoms with van der Waals surface area (Å²) in [7, 11) is 0. The second-order valence-electron chi connectivity index (χ2n) is 4.17. The first kappa shape index (κ1) is 12.4. The van der Waals surface area contributed by atoms with E-state index in [0.29, 0.717) is 6.54 Å². The van der Waals surface area contributed by atoms with Crippen LogP contribution in [0.1, 0.15) is 12.0 Å². The van der Waals surface area contributed by atoms with E-state index in [4.69, 9.17) is 5.73 Å². The molecule has 0 saturated heterocycles. The van der Waals surface area contributed by atoms with E-state index in [1.807, 2.05) is 19.1 Å². The Morgan fingerprint density at radius 3 is 3.06 bits per heavy atom. The van der Waals surface area contributed by atoms with Crippen LogP contribution in [0.3, 0.4) is 0 Å². The first-order valence-electron chi connectivity index (χ1n) is 5.68. The van der Waals surface area contributed by atoms with Gasteiger partial charge in [0, 0.05) is 17.6 Å². The van der Waals surface area contributed by atoms with Crippen LogP contribution in [0.25, 0.3) is 0 Å². The Hall–Kier alpha value is -1.07. The van der Waals surface area contributed by atoms with Gasteiger partial charge in [-0.2, -0.15) is 0 Å². The van der Waals surface area contributed by atoms with Crippen LogP contribution < -0.4 is 16.0 Å². The molecule has 0 unspecified atom stereocenters. The van der Waals surface area contributed by atoms with Crippen LogP contribution in [0, 0.1) is 6.92 Å². The largest absolute Gasteiger partial charge is 0.382 e. The second-order valence-corrected chi connectivity index (χ2v) is 5.03. The molecule has 0 bridgehead atoms. The number of hydrogen-bond acceptors (Lipinski definition) is 3. The van der Waals surface area contributed by atoms with Crippen molar-refractivity contribution in [3.8, 4) is 0 Å². The fraction of sp³-hybridized carbons (Fsp3) is 0.417. The molecule has 1 amide bonds. The van der Waals surface area contributed by atoms with E-state index >= 15 is 0 Å². The lowest BCUT2D eigenvalue weighted by Gasteiger charge is -2.23. The number of carbonyl (C=O) groups is 1. The number of hydrogen-bond donors (Lipinski definition) is 2. The molecule has 0 radical (unpaired) electrons. The van der Waals surface area contributed by atoms with E-state index in [1.54, 1.807) is 4.90 Å². The van der Waals surface area contributed by atoms with Crippen molar-refractivity contribution in [3.05, 3.63) is 22.2 Å². The van der Waals surface area contributed by atoms with E-state index in [9.17, 15) is 4.79 Å². The molecular weight excluding hydrogens is 282 g/mol. The van der Waals surface area contributed by atoms with E-state index in [-0.39, 0.29) is 12.5 Å². The zero-order valence-electron chi connectivity index (χ0n) is 9.79. The zero-order valence-corrected chi connectivity index (χ0v) is 11.4. The van der Waals surface area contributed by atoms with Crippen LogP contribution in [-0.2, 0) is 4.79 Å². The van der Waals surface area contributed by atoms with Crippen LogP contribution in [0.5, 0.6) is 0 Å². The van der Waals surface area contributed by atoms with Crippen molar-refractivity contribution >= 4 is 33.2 Å². The number of benzene rings is 1. The maximum Gasteiger partial charge on any atom is 0.240 e. The summed E-state index contributed by atoms with van der Waals surface area (Å²) in [6.45, 7) is 3.64. The second kappa shape index (κ2) is 5.06. The maximum atomic E-state index is 11.9. The van der Waals surface area contributed by atoms with Gasteiger partial charge in [-0.3, -0.25) is 4.79 Å². The molecule has 1 aromatic rings. The monoisotopic (exact) mass is 297 g/mol. The fourth-order valence-corrected chi connectivity index (χ4v) is 2.76. The molecule has 1 aliphatic heterocycles. The standard InChI is InChI=1S/C12H16BrN3O/c1-8-5-9(13)12-10(6-8)16(11(17)7-14)4-2-3-15-12/h5-6,15H,2-4,7,14H2,1H3. The number of halogens is 1. The first-order chi connectivity index (χ1) is 8.13. The van der Waals surface area contributed by atoms with Crippen molar-refractivity contribution in [2.24, 2.45) is 5.73 Å². The predicted molar refractivity (Wildman–Crippen MR) is 73.4 cm³/mol. The molecule has 92 valence electrons. The number of fused-ring (bicyclic) bond motifs is 1. The number of carbonyl (C=O) groups excluding carboxylic acids is 1. The number of anilines is 2. The highest BCUT2D eigenvalue weighted by molar-refractivity contribution is 9.10. The van der Waals surface area contributed by atoms with Crippen molar-refractivity contribution in [1.29, 1.82) is 0 Å². The van der Waals surface area contributed by atoms with Crippen molar-refractivity contribution < 1.29 is 4.79 Å². The highest BCUT2D eigenvalue weighted by Crippen LogP contribution is 2.36. The van der Waals surface area contributed by atoms with E-state index in [1.165, 1.54) is 0 Å². The molecule has 1 heterocycles. The molecule has 0 aromatic heterocycles. The lowest BCUT2D eigenvalue weighted by atomic mass is 10.1. The Balaban J connectivity index is 2.51. The van der Waals surface area contributed by atoms with E-state index < -0.39 is 0 Å². The third kappa shape index (κ3) is 2.45. The van der Waals surface area contributed by atoms with Gasteiger partial charge in [-0.1, -0.05) is 0 Å². The van der Waals surface area contributed by atoms with Gasteiger partial charge >= 0.3 is 0 Å². The van der Waals surface area contributed by atoms with Gasteiger partial charge < -0.3 is 16.0 Å². The molecular formula is C12H16BrN3O. The third-order valence-electron chi connectivity index (χ3n) is 2.84. The molecule has 0 saturated carbocycles. The third-order valence-corrected chi connectivity index (χ3v) is 3.47. The fourth-order valence-electron chi connectivity index (χ4n) is 2.05. The summed E-state index contributed by atoms with van der Waals surface area (Å²) in [5.74, 6) is -0.0348. The number of nitrogens with one attached hydrogen (secondary N) is 1. The van der Waals surface area contributed by atoms with Gasteiger partial charge in [-0.05, 0) is 47.0 Å².